The van der Waals surface area contributed by atoms with Crippen LogP contribution in [0.5, 0.6) is 0 Å². The SMILES string of the molecule is Cc1cc(Cl)c(C(=O)NCCCn2ccnc2)cn1. The zero-order chi connectivity index (χ0) is 13.7. The van der Waals surface area contributed by atoms with Gasteiger partial charge in [-0.25, -0.2) is 4.98 Å². The Kier molecular flexibility index (Phi) is 4.52. The Bertz CT molecular complexity index is 554. The Morgan fingerprint density at radius 1 is 1.53 bits per heavy atom. The first-order valence-electron chi connectivity index (χ1n) is 6.03. The summed E-state index contributed by atoms with van der Waals surface area (Å²) in [5.74, 6) is -0.192. The minimum Gasteiger partial charge on any atom is -0.352 e. The zero-order valence-electron chi connectivity index (χ0n) is 10.6. The normalized spacial score (nSPS) is 10.4. The van der Waals surface area contributed by atoms with Gasteiger partial charge in [0.15, 0.2) is 0 Å². The molecule has 0 bridgehead atoms. The first kappa shape index (κ1) is 13.5. The van der Waals surface area contributed by atoms with Gasteiger partial charge in [0.2, 0.25) is 0 Å². The van der Waals surface area contributed by atoms with Gasteiger partial charge < -0.3 is 9.88 Å². The van der Waals surface area contributed by atoms with E-state index in [0.717, 1.165) is 18.7 Å². The molecule has 0 saturated heterocycles. The highest BCUT2D eigenvalue weighted by Crippen LogP contribution is 2.15. The van der Waals surface area contributed by atoms with Gasteiger partial charge in [0.1, 0.15) is 0 Å². The van der Waals surface area contributed by atoms with E-state index in [-0.39, 0.29) is 5.91 Å². The predicted octanol–water partition coefficient (Wildman–Crippen LogP) is 2.06. The molecule has 6 heteroatoms. The number of rotatable bonds is 5. The number of imidazole rings is 1. The Hall–Kier alpha value is -1.88. The molecule has 0 radical (unpaired) electrons. The average Bonchev–Trinajstić information content (AvgIpc) is 2.87. The van der Waals surface area contributed by atoms with Gasteiger partial charge in [0.05, 0.1) is 16.9 Å². The van der Waals surface area contributed by atoms with Crippen molar-refractivity contribution in [2.24, 2.45) is 0 Å². The lowest BCUT2D eigenvalue weighted by Gasteiger charge is -2.07. The molecule has 0 fully saturated rings. The third-order valence-electron chi connectivity index (χ3n) is 2.67. The number of halogens is 1. The number of carbonyl (C=O) groups is 1. The van der Waals surface area contributed by atoms with E-state index in [1.165, 1.54) is 6.20 Å². The van der Waals surface area contributed by atoms with Gasteiger partial charge in [-0.3, -0.25) is 9.78 Å². The van der Waals surface area contributed by atoms with E-state index in [0.29, 0.717) is 17.1 Å². The van der Waals surface area contributed by atoms with Crippen LogP contribution in [0.2, 0.25) is 5.02 Å². The maximum Gasteiger partial charge on any atom is 0.254 e. The van der Waals surface area contributed by atoms with Crippen LogP contribution in [-0.2, 0) is 6.54 Å². The van der Waals surface area contributed by atoms with E-state index in [1.54, 1.807) is 18.6 Å². The fraction of sp³-hybridized carbons (Fsp3) is 0.308. The van der Waals surface area contributed by atoms with Crippen molar-refractivity contribution < 1.29 is 4.79 Å². The molecule has 0 spiro atoms. The summed E-state index contributed by atoms with van der Waals surface area (Å²) in [6.45, 7) is 3.24. The van der Waals surface area contributed by atoms with Gasteiger partial charge in [0.25, 0.3) is 5.91 Å². The lowest BCUT2D eigenvalue weighted by atomic mass is 10.2. The molecule has 2 aromatic rings. The molecule has 2 heterocycles. The molecule has 100 valence electrons. The molecule has 0 atom stereocenters. The first-order chi connectivity index (χ1) is 9.16. The summed E-state index contributed by atoms with van der Waals surface area (Å²) < 4.78 is 1.96. The minimum atomic E-state index is -0.192. The van der Waals surface area contributed by atoms with Gasteiger partial charge in [-0.1, -0.05) is 11.6 Å². The van der Waals surface area contributed by atoms with Crippen LogP contribution < -0.4 is 5.32 Å². The van der Waals surface area contributed by atoms with Crippen LogP contribution >= 0.6 is 11.6 Å². The summed E-state index contributed by atoms with van der Waals surface area (Å²) in [7, 11) is 0. The number of nitrogens with one attached hydrogen (secondary N) is 1. The van der Waals surface area contributed by atoms with Gasteiger partial charge in [-0.15, -0.1) is 0 Å². The van der Waals surface area contributed by atoms with Crippen molar-refractivity contribution in [3.05, 3.63) is 47.3 Å². The summed E-state index contributed by atoms with van der Waals surface area (Å²) >= 11 is 6.01. The number of aromatic nitrogens is 3. The maximum absolute atomic E-state index is 11.9. The molecule has 0 aliphatic heterocycles. The van der Waals surface area contributed by atoms with Crippen LogP contribution in [0.3, 0.4) is 0 Å². The average molecular weight is 279 g/mol. The lowest BCUT2D eigenvalue weighted by molar-refractivity contribution is 0.0952. The molecule has 2 aromatic heterocycles. The smallest absolute Gasteiger partial charge is 0.254 e. The highest BCUT2D eigenvalue weighted by Gasteiger charge is 2.10. The topological polar surface area (TPSA) is 59.8 Å². The van der Waals surface area contributed by atoms with Crippen molar-refractivity contribution in [1.29, 1.82) is 0 Å². The number of amides is 1. The largest absolute Gasteiger partial charge is 0.352 e. The summed E-state index contributed by atoms with van der Waals surface area (Å²) in [6, 6.07) is 1.68. The first-order valence-corrected chi connectivity index (χ1v) is 6.40. The molecule has 19 heavy (non-hydrogen) atoms. The van der Waals surface area contributed by atoms with E-state index >= 15 is 0 Å². The monoisotopic (exact) mass is 278 g/mol. The Labute approximate surface area is 116 Å². The molecule has 1 amide bonds. The van der Waals surface area contributed by atoms with Crippen molar-refractivity contribution in [2.75, 3.05) is 6.54 Å². The second-order valence-corrected chi connectivity index (χ2v) is 4.62. The summed E-state index contributed by atoms with van der Waals surface area (Å²) in [5.41, 5.74) is 1.21. The van der Waals surface area contributed by atoms with Crippen molar-refractivity contribution in [3.63, 3.8) is 0 Å². The molecule has 0 aliphatic rings. The third-order valence-corrected chi connectivity index (χ3v) is 2.99. The van der Waals surface area contributed by atoms with Gasteiger partial charge in [-0.2, -0.15) is 0 Å². The van der Waals surface area contributed by atoms with Crippen LogP contribution in [0.4, 0.5) is 0 Å². The number of aryl methyl sites for hydroxylation is 2. The summed E-state index contributed by atoms with van der Waals surface area (Å²) in [5, 5.41) is 3.25. The van der Waals surface area contributed by atoms with E-state index in [4.69, 9.17) is 11.6 Å². The molecule has 0 aliphatic carbocycles. The van der Waals surface area contributed by atoms with E-state index < -0.39 is 0 Å². The van der Waals surface area contributed by atoms with Crippen LogP contribution in [0.25, 0.3) is 0 Å². The Morgan fingerprint density at radius 3 is 3.05 bits per heavy atom. The molecule has 2 rings (SSSR count). The summed E-state index contributed by atoms with van der Waals surface area (Å²) in [6.07, 6.45) is 7.71. The highest BCUT2D eigenvalue weighted by atomic mass is 35.5. The molecule has 0 aromatic carbocycles. The minimum absolute atomic E-state index is 0.192. The number of pyridine rings is 1. The van der Waals surface area contributed by atoms with E-state index in [2.05, 4.69) is 15.3 Å². The second-order valence-electron chi connectivity index (χ2n) is 4.22. The van der Waals surface area contributed by atoms with Crippen molar-refractivity contribution in [3.8, 4) is 0 Å². The standard InChI is InChI=1S/C13H15ClN4O/c1-10-7-12(14)11(8-17-10)13(19)16-3-2-5-18-6-4-15-9-18/h4,6-9H,2-3,5H2,1H3,(H,16,19). The summed E-state index contributed by atoms with van der Waals surface area (Å²) in [4.78, 5) is 19.9. The fourth-order valence-corrected chi connectivity index (χ4v) is 1.96. The Morgan fingerprint density at radius 2 is 2.37 bits per heavy atom. The molecule has 0 unspecified atom stereocenters. The van der Waals surface area contributed by atoms with Crippen LogP contribution in [0.1, 0.15) is 22.5 Å². The van der Waals surface area contributed by atoms with Gasteiger partial charge in [-0.05, 0) is 19.4 Å². The number of nitrogens with zero attached hydrogens (tertiary/aromatic N) is 3. The van der Waals surface area contributed by atoms with E-state index in [9.17, 15) is 4.79 Å². The zero-order valence-corrected chi connectivity index (χ0v) is 11.4. The number of carbonyl (C=O) groups excluding carboxylic acids is 1. The molecular formula is C13H15ClN4O. The predicted molar refractivity (Wildman–Crippen MR) is 73.2 cm³/mol. The van der Waals surface area contributed by atoms with Crippen molar-refractivity contribution in [2.45, 2.75) is 19.9 Å². The van der Waals surface area contributed by atoms with Crippen LogP contribution in [-0.4, -0.2) is 27.0 Å². The second kappa shape index (κ2) is 6.33. The number of hydrogen-bond acceptors (Lipinski definition) is 3. The quantitative estimate of drug-likeness (QED) is 0.852. The van der Waals surface area contributed by atoms with E-state index in [1.807, 2.05) is 17.7 Å². The third kappa shape index (κ3) is 3.79. The van der Waals surface area contributed by atoms with Crippen molar-refractivity contribution in [1.82, 2.24) is 19.9 Å². The number of hydrogen-bond donors (Lipinski definition) is 1. The van der Waals surface area contributed by atoms with Crippen molar-refractivity contribution >= 4 is 17.5 Å². The lowest BCUT2D eigenvalue weighted by Crippen LogP contribution is -2.25. The molecular weight excluding hydrogens is 264 g/mol. The Balaban J connectivity index is 1.81. The molecule has 1 N–H and O–H groups in total. The molecule has 0 saturated carbocycles. The maximum atomic E-state index is 11.9. The molecule has 5 nitrogen and oxygen atoms in total. The van der Waals surface area contributed by atoms with Crippen LogP contribution in [0, 0.1) is 6.92 Å². The fourth-order valence-electron chi connectivity index (χ4n) is 1.67. The van der Waals surface area contributed by atoms with Crippen LogP contribution in [0.15, 0.2) is 31.0 Å². The van der Waals surface area contributed by atoms with Gasteiger partial charge >= 0.3 is 0 Å². The highest BCUT2D eigenvalue weighted by molar-refractivity contribution is 6.33. The van der Waals surface area contributed by atoms with Gasteiger partial charge in [0, 0.05) is 37.4 Å².